The summed E-state index contributed by atoms with van der Waals surface area (Å²) < 4.78 is 0. The first kappa shape index (κ1) is 15.5. The fourth-order valence-corrected chi connectivity index (χ4v) is 2.11. The van der Waals surface area contributed by atoms with Crippen LogP contribution in [0.3, 0.4) is 0 Å². The molecule has 0 radical (unpaired) electrons. The van der Waals surface area contributed by atoms with Crippen molar-refractivity contribution in [1.29, 1.82) is 0 Å². The van der Waals surface area contributed by atoms with Gasteiger partial charge in [-0.1, -0.05) is 0 Å². The number of rotatable bonds is 7. The van der Waals surface area contributed by atoms with Crippen molar-refractivity contribution in [3.8, 4) is 0 Å². The Morgan fingerprint density at radius 2 is 2.19 bits per heavy atom. The van der Waals surface area contributed by atoms with Crippen molar-refractivity contribution in [3.05, 3.63) is 11.9 Å². The third-order valence-electron chi connectivity index (χ3n) is 3.31. The third kappa shape index (κ3) is 4.29. The Balaban J connectivity index is 2.16. The van der Waals surface area contributed by atoms with Gasteiger partial charge in [0.15, 0.2) is 0 Å². The number of hydrogen-bond acceptors (Lipinski definition) is 6. The molecule has 1 aromatic heterocycles. The van der Waals surface area contributed by atoms with Crippen molar-refractivity contribution in [2.75, 3.05) is 23.4 Å². The number of nitrogens with one attached hydrogen (secondary N) is 2. The molecule has 2 rings (SSSR count). The summed E-state index contributed by atoms with van der Waals surface area (Å²) in [6, 6.07) is 1.91. The second-order valence-electron chi connectivity index (χ2n) is 5.62. The fraction of sp³-hybridized carbons (Fsp3) is 0.643. The SMILES string of the molecule is CCN(CC(=O)NC(C)C)c1cc(NN)nc(C2CC2)n1. The molecule has 21 heavy (non-hydrogen) atoms. The van der Waals surface area contributed by atoms with Gasteiger partial charge in [-0.3, -0.25) is 4.79 Å². The molecule has 1 saturated carbocycles. The van der Waals surface area contributed by atoms with E-state index < -0.39 is 0 Å². The molecule has 1 heterocycles. The first-order valence-electron chi connectivity index (χ1n) is 7.43. The smallest absolute Gasteiger partial charge is 0.239 e. The van der Waals surface area contributed by atoms with Crippen LogP contribution < -0.4 is 21.5 Å². The fourth-order valence-electron chi connectivity index (χ4n) is 2.11. The zero-order valence-electron chi connectivity index (χ0n) is 12.9. The van der Waals surface area contributed by atoms with Crippen LogP contribution in [0.5, 0.6) is 0 Å². The van der Waals surface area contributed by atoms with Crippen LogP contribution >= 0.6 is 0 Å². The van der Waals surface area contributed by atoms with Gasteiger partial charge >= 0.3 is 0 Å². The molecule has 1 aromatic rings. The number of hydrazine groups is 1. The summed E-state index contributed by atoms with van der Waals surface area (Å²) in [5.74, 6) is 8.03. The quantitative estimate of drug-likeness (QED) is 0.512. The molecule has 1 aliphatic rings. The molecule has 0 aromatic carbocycles. The van der Waals surface area contributed by atoms with Gasteiger partial charge in [0.05, 0.1) is 6.54 Å². The maximum absolute atomic E-state index is 11.9. The van der Waals surface area contributed by atoms with E-state index in [-0.39, 0.29) is 18.5 Å². The molecule has 0 unspecified atom stereocenters. The van der Waals surface area contributed by atoms with Crippen LogP contribution in [0.4, 0.5) is 11.6 Å². The molecule has 0 saturated heterocycles. The van der Waals surface area contributed by atoms with Crippen molar-refractivity contribution in [3.63, 3.8) is 0 Å². The maximum Gasteiger partial charge on any atom is 0.239 e. The second-order valence-corrected chi connectivity index (χ2v) is 5.62. The van der Waals surface area contributed by atoms with Gasteiger partial charge in [-0.05, 0) is 33.6 Å². The zero-order chi connectivity index (χ0) is 15.4. The average Bonchev–Trinajstić information content (AvgIpc) is 3.28. The van der Waals surface area contributed by atoms with Gasteiger partial charge in [-0.2, -0.15) is 0 Å². The van der Waals surface area contributed by atoms with E-state index in [2.05, 4.69) is 20.7 Å². The Bertz CT molecular complexity index is 500. The van der Waals surface area contributed by atoms with Gasteiger partial charge < -0.3 is 15.6 Å². The predicted octanol–water partition coefficient (Wildman–Crippen LogP) is 0.990. The molecule has 1 aliphatic carbocycles. The van der Waals surface area contributed by atoms with Crippen LogP contribution in [0, 0.1) is 0 Å². The first-order chi connectivity index (χ1) is 10.0. The van der Waals surface area contributed by atoms with Crippen LogP contribution in [0.15, 0.2) is 6.07 Å². The van der Waals surface area contributed by atoms with E-state index in [9.17, 15) is 4.79 Å². The minimum absolute atomic E-state index is 0.0132. The summed E-state index contributed by atoms with van der Waals surface area (Å²) >= 11 is 0. The van der Waals surface area contributed by atoms with E-state index in [1.807, 2.05) is 25.7 Å². The minimum Gasteiger partial charge on any atom is -0.352 e. The number of nitrogens with zero attached hydrogens (tertiary/aromatic N) is 3. The molecular weight excluding hydrogens is 268 g/mol. The number of hydrogen-bond donors (Lipinski definition) is 3. The Morgan fingerprint density at radius 1 is 1.48 bits per heavy atom. The van der Waals surface area contributed by atoms with Gasteiger partial charge in [0.1, 0.15) is 17.5 Å². The van der Waals surface area contributed by atoms with E-state index in [0.29, 0.717) is 18.3 Å². The summed E-state index contributed by atoms with van der Waals surface area (Å²) in [7, 11) is 0. The number of carbonyl (C=O) groups is 1. The Kier molecular flexibility index (Phi) is 4.95. The number of nitrogens with two attached hydrogens (primary N) is 1. The van der Waals surface area contributed by atoms with Gasteiger partial charge in [-0.25, -0.2) is 15.8 Å². The molecule has 0 atom stereocenters. The van der Waals surface area contributed by atoms with Crippen molar-refractivity contribution < 1.29 is 4.79 Å². The Labute approximate surface area is 125 Å². The van der Waals surface area contributed by atoms with Crippen molar-refractivity contribution in [2.45, 2.75) is 45.6 Å². The van der Waals surface area contributed by atoms with E-state index >= 15 is 0 Å². The van der Waals surface area contributed by atoms with E-state index in [0.717, 1.165) is 24.5 Å². The topological polar surface area (TPSA) is 96.2 Å². The van der Waals surface area contributed by atoms with Crippen LogP contribution in [-0.2, 0) is 4.79 Å². The average molecular weight is 292 g/mol. The summed E-state index contributed by atoms with van der Waals surface area (Å²) in [6.45, 7) is 6.86. The van der Waals surface area contributed by atoms with Gasteiger partial charge in [0, 0.05) is 24.6 Å². The number of likely N-dealkylation sites (N-methyl/N-ethyl adjacent to an activating group) is 1. The third-order valence-corrected chi connectivity index (χ3v) is 3.31. The number of nitrogen functional groups attached to an aromatic ring is 1. The van der Waals surface area contributed by atoms with E-state index in [1.54, 1.807) is 6.07 Å². The minimum atomic E-state index is -0.0132. The molecule has 0 aliphatic heterocycles. The highest BCUT2D eigenvalue weighted by molar-refractivity contribution is 5.81. The van der Waals surface area contributed by atoms with Crippen molar-refractivity contribution >= 4 is 17.5 Å². The highest BCUT2D eigenvalue weighted by atomic mass is 16.2. The maximum atomic E-state index is 11.9. The van der Waals surface area contributed by atoms with Gasteiger partial charge in [-0.15, -0.1) is 0 Å². The number of carbonyl (C=O) groups excluding carboxylic acids is 1. The lowest BCUT2D eigenvalue weighted by Gasteiger charge is -2.23. The molecule has 0 spiro atoms. The number of amides is 1. The standard InChI is InChI=1S/C14H24N6O/c1-4-20(8-13(21)16-9(2)3)12-7-11(19-15)17-14(18-12)10-5-6-10/h7,9-10H,4-6,8,15H2,1-3H3,(H,16,21)(H,17,18,19). The largest absolute Gasteiger partial charge is 0.352 e. The van der Waals surface area contributed by atoms with Crippen molar-refractivity contribution in [1.82, 2.24) is 15.3 Å². The van der Waals surface area contributed by atoms with Crippen LogP contribution in [0.25, 0.3) is 0 Å². The molecule has 0 bridgehead atoms. The summed E-state index contributed by atoms with van der Waals surface area (Å²) in [6.07, 6.45) is 2.24. The molecule has 1 amide bonds. The first-order valence-corrected chi connectivity index (χ1v) is 7.43. The molecular formula is C14H24N6O. The van der Waals surface area contributed by atoms with Crippen LogP contribution in [0.2, 0.25) is 0 Å². The molecule has 4 N–H and O–H groups in total. The zero-order valence-corrected chi connectivity index (χ0v) is 12.9. The van der Waals surface area contributed by atoms with Crippen LogP contribution in [0.1, 0.15) is 45.4 Å². The number of aromatic nitrogens is 2. The Hall–Kier alpha value is -1.89. The molecule has 116 valence electrons. The molecule has 7 nitrogen and oxygen atoms in total. The highest BCUT2D eigenvalue weighted by Crippen LogP contribution is 2.39. The van der Waals surface area contributed by atoms with E-state index in [4.69, 9.17) is 5.84 Å². The summed E-state index contributed by atoms with van der Waals surface area (Å²) in [5.41, 5.74) is 2.58. The second kappa shape index (κ2) is 6.71. The normalized spacial score (nSPS) is 14.1. The van der Waals surface area contributed by atoms with E-state index in [1.165, 1.54) is 0 Å². The van der Waals surface area contributed by atoms with Crippen LogP contribution in [-0.4, -0.2) is 35.0 Å². The summed E-state index contributed by atoms with van der Waals surface area (Å²) in [4.78, 5) is 22.8. The lowest BCUT2D eigenvalue weighted by molar-refractivity contribution is -0.120. The number of anilines is 2. The summed E-state index contributed by atoms with van der Waals surface area (Å²) in [5, 5.41) is 2.89. The molecule has 1 fully saturated rings. The lowest BCUT2D eigenvalue weighted by atomic mass is 10.3. The molecule has 7 heteroatoms. The predicted molar refractivity (Wildman–Crippen MR) is 83.0 cm³/mol. The Morgan fingerprint density at radius 3 is 2.71 bits per heavy atom. The highest BCUT2D eigenvalue weighted by Gasteiger charge is 2.28. The van der Waals surface area contributed by atoms with Gasteiger partial charge in [0.2, 0.25) is 5.91 Å². The lowest BCUT2D eigenvalue weighted by Crippen LogP contribution is -2.40. The van der Waals surface area contributed by atoms with Crippen molar-refractivity contribution in [2.24, 2.45) is 5.84 Å². The monoisotopic (exact) mass is 292 g/mol. The van der Waals surface area contributed by atoms with Gasteiger partial charge in [0.25, 0.3) is 0 Å².